The van der Waals surface area contributed by atoms with Crippen molar-refractivity contribution in [1.82, 2.24) is 0 Å². The molecule has 6 heteroatoms. The van der Waals surface area contributed by atoms with E-state index in [4.69, 9.17) is 18.9 Å². The zero-order valence-corrected chi connectivity index (χ0v) is 12.7. The van der Waals surface area contributed by atoms with Crippen molar-refractivity contribution >= 4 is 11.9 Å². The van der Waals surface area contributed by atoms with E-state index in [1.54, 1.807) is 20.8 Å². The van der Waals surface area contributed by atoms with Crippen LogP contribution in [0.4, 0.5) is 0 Å². The van der Waals surface area contributed by atoms with Gasteiger partial charge < -0.3 is 18.9 Å². The molecule has 6 nitrogen and oxygen atoms in total. The lowest BCUT2D eigenvalue weighted by Crippen LogP contribution is -2.53. The number of fused-ring (bicyclic) bond motifs is 4. The fraction of sp³-hybridized carbons (Fsp3) is 0.867. The monoisotopic (exact) mass is 298 g/mol. The number of rotatable bonds is 2. The van der Waals surface area contributed by atoms with Crippen LogP contribution in [0.2, 0.25) is 0 Å². The van der Waals surface area contributed by atoms with E-state index >= 15 is 0 Å². The van der Waals surface area contributed by atoms with Gasteiger partial charge in [0.15, 0.2) is 0 Å². The van der Waals surface area contributed by atoms with Crippen LogP contribution >= 0.6 is 0 Å². The van der Waals surface area contributed by atoms with Crippen LogP contribution in [0.5, 0.6) is 0 Å². The van der Waals surface area contributed by atoms with Gasteiger partial charge in [-0.1, -0.05) is 0 Å². The third kappa shape index (κ3) is 2.55. The van der Waals surface area contributed by atoms with Crippen LogP contribution < -0.4 is 0 Å². The highest BCUT2D eigenvalue weighted by Crippen LogP contribution is 2.54. The molecule has 21 heavy (non-hydrogen) atoms. The van der Waals surface area contributed by atoms with Gasteiger partial charge >= 0.3 is 11.9 Å². The Morgan fingerprint density at radius 2 is 1.90 bits per heavy atom. The molecule has 0 bridgehead atoms. The minimum atomic E-state index is -0.552. The van der Waals surface area contributed by atoms with Gasteiger partial charge in [0.1, 0.15) is 19.5 Å². The normalized spacial score (nSPS) is 38.6. The van der Waals surface area contributed by atoms with Crippen LogP contribution in [0.1, 0.15) is 20.8 Å². The molecule has 5 atom stereocenters. The average Bonchev–Trinajstić information content (AvgIpc) is 2.53. The summed E-state index contributed by atoms with van der Waals surface area (Å²) in [6, 6.07) is 0. The molecule has 3 fully saturated rings. The number of hydrogen-bond acceptors (Lipinski definition) is 6. The summed E-state index contributed by atoms with van der Waals surface area (Å²) in [5, 5.41) is 0. The molecular formula is C15H22O6. The van der Waals surface area contributed by atoms with Gasteiger partial charge in [-0.05, 0) is 26.7 Å². The first kappa shape index (κ1) is 14.8. The van der Waals surface area contributed by atoms with Crippen molar-refractivity contribution in [2.45, 2.75) is 26.9 Å². The van der Waals surface area contributed by atoms with E-state index < -0.39 is 5.41 Å². The molecule has 1 aliphatic carbocycles. The van der Waals surface area contributed by atoms with Crippen molar-refractivity contribution in [2.75, 3.05) is 26.6 Å². The molecule has 0 N–H and O–H groups in total. The highest BCUT2D eigenvalue weighted by atomic mass is 16.7. The first-order valence-corrected chi connectivity index (χ1v) is 7.43. The smallest absolute Gasteiger partial charge is 0.311 e. The van der Waals surface area contributed by atoms with Crippen molar-refractivity contribution in [3.8, 4) is 0 Å². The largest absolute Gasteiger partial charge is 0.461 e. The predicted molar refractivity (Wildman–Crippen MR) is 71.0 cm³/mol. The first-order valence-electron chi connectivity index (χ1n) is 7.43. The Labute approximate surface area is 124 Å². The van der Waals surface area contributed by atoms with Crippen LogP contribution in [-0.2, 0) is 28.5 Å². The summed E-state index contributed by atoms with van der Waals surface area (Å²) in [7, 11) is 0. The first-order chi connectivity index (χ1) is 9.89. The molecule has 0 aromatic rings. The van der Waals surface area contributed by atoms with Crippen LogP contribution in [0.15, 0.2) is 0 Å². The van der Waals surface area contributed by atoms with Gasteiger partial charge in [-0.3, -0.25) is 9.59 Å². The van der Waals surface area contributed by atoms with Crippen LogP contribution in [0, 0.1) is 29.1 Å². The summed E-state index contributed by atoms with van der Waals surface area (Å²) in [4.78, 5) is 23.8. The maximum Gasteiger partial charge on any atom is 0.311 e. The zero-order valence-electron chi connectivity index (χ0n) is 12.7. The minimum Gasteiger partial charge on any atom is -0.461 e. The molecule has 0 radical (unpaired) electrons. The second-order valence-electron chi connectivity index (χ2n) is 7.11. The quantitative estimate of drug-likeness (QED) is 0.708. The van der Waals surface area contributed by atoms with Gasteiger partial charge in [-0.2, -0.15) is 0 Å². The Kier molecular flexibility index (Phi) is 3.69. The molecule has 0 aromatic carbocycles. The third-order valence-electron chi connectivity index (χ3n) is 4.67. The van der Waals surface area contributed by atoms with Crippen LogP contribution in [0.25, 0.3) is 0 Å². The second kappa shape index (κ2) is 5.25. The Bertz CT molecular complexity index is 440. The summed E-state index contributed by atoms with van der Waals surface area (Å²) in [5.74, 6) is -0.0931. The molecule has 0 spiro atoms. The number of esters is 2. The van der Waals surface area contributed by atoms with Gasteiger partial charge in [-0.15, -0.1) is 0 Å². The molecule has 0 amide bonds. The number of hydrogen-bond donors (Lipinski definition) is 0. The van der Waals surface area contributed by atoms with E-state index in [1.165, 1.54) is 0 Å². The minimum absolute atomic E-state index is 0.0805. The summed E-state index contributed by atoms with van der Waals surface area (Å²) in [6.45, 7) is 6.93. The lowest BCUT2D eigenvalue weighted by molar-refractivity contribution is -0.160. The van der Waals surface area contributed by atoms with E-state index in [0.717, 1.165) is 0 Å². The van der Waals surface area contributed by atoms with Gasteiger partial charge in [0.05, 0.1) is 24.5 Å². The number of carbonyl (C=O) groups excluding carboxylic acids is 2. The lowest BCUT2D eigenvalue weighted by Gasteiger charge is -2.45. The van der Waals surface area contributed by atoms with Crippen molar-refractivity contribution in [3.63, 3.8) is 0 Å². The highest BCUT2D eigenvalue weighted by Gasteiger charge is 2.63. The molecule has 1 saturated carbocycles. The molecule has 0 unspecified atom stereocenters. The Balaban J connectivity index is 1.63. The molecule has 3 rings (SSSR count). The van der Waals surface area contributed by atoms with Gasteiger partial charge in [0, 0.05) is 11.8 Å². The highest BCUT2D eigenvalue weighted by molar-refractivity contribution is 5.78. The van der Waals surface area contributed by atoms with E-state index in [-0.39, 0.29) is 55.1 Å². The molecule has 2 saturated heterocycles. The lowest BCUT2D eigenvalue weighted by atomic mass is 9.56. The molecule has 2 heterocycles. The Morgan fingerprint density at radius 3 is 2.57 bits per heavy atom. The fourth-order valence-corrected chi connectivity index (χ4v) is 3.51. The predicted octanol–water partition coefficient (Wildman–Crippen LogP) is 0.984. The molecular weight excluding hydrogens is 276 g/mol. The number of carbonyl (C=O) groups is 2. The number of ether oxygens (including phenoxy) is 4. The number of cyclic esters (lactones) is 1. The molecule has 2 aliphatic heterocycles. The van der Waals surface area contributed by atoms with Crippen LogP contribution in [0.3, 0.4) is 0 Å². The third-order valence-corrected chi connectivity index (χ3v) is 4.67. The summed E-state index contributed by atoms with van der Waals surface area (Å²) in [6.07, 6.45) is -0.350. The standard InChI is InChI=1S/C15H22O6/c1-15(2,3)14(17)20-6-10-11-8-4-18-7-19-5-9(8)12(11)13(16)21-10/h8-12H,4-7H2,1-3H3/t8-,9+,10+,11-,12-/m0/s1. The van der Waals surface area contributed by atoms with Gasteiger partial charge in [-0.25, -0.2) is 0 Å². The molecule has 3 aliphatic rings. The summed E-state index contributed by atoms with van der Waals surface area (Å²) in [5.41, 5.74) is -0.552. The van der Waals surface area contributed by atoms with E-state index in [2.05, 4.69) is 0 Å². The summed E-state index contributed by atoms with van der Waals surface area (Å²) < 4.78 is 21.5. The van der Waals surface area contributed by atoms with Gasteiger partial charge in [0.2, 0.25) is 0 Å². The van der Waals surface area contributed by atoms with Crippen molar-refractivity contribution in [1.29, 1.82) is 0 Å². The van der Waals surface area contributed by atoms with Crippen molar-refractivity contribution in [2.24, 2.45) is 29.1 Å². The average molecular weight is 298 g/mol. The molecule has 0 aromatic heterocycles. The zero-order chi connectivity index (χ0) is 15.2. The Hall–Kier alpha value is -1.14. The SMILES string of the molecule is CC(C)(C)C(=O)OC[C@H]1OC(=O)[C@H]2[C@@H]3COCOC[C@@H]3[C@H]21. The van der Waals surface area contributed by atoms with E-state index in [9.17, 15) is 9.59 Å². The molecule has 118 valence electrons. The maximum atomic E-state index is 12.0. The van der Waals surface area contributed by atoms with Crippen molar-refractivity contribution < 1.29 is 28.5 Å². The van der Waals surface area contributed by atoms with E-state index in [0.29, 0.717) is 13.2 Å². The fourth-order valence-electron chi connectivity index (χ4n) is 3.51. The van der Waals surface area contributed by atoms with E-state index in [1.807, 2.05) is 0 Å². The van der Waals surface area contributed by atoms with Crippen LogP contribution in [-0.4, -0.2) is 44.7 Å². The van der Waals surface area contributed by atoms with Gasteiger partial charge in [0.25, 0.3) is 0 Å². The topological polar surface area (TPSA) is 71.1 Å². The second-order valence-corrected chi connectivity index (χ2v) is 7.11. The summed E-state index contributed by atoms with van der Waals surface area (Å²) >= 11 is 0. The Morgan fingerprint density at radius 1 is 1.24 bits per heavy atom. The maximum absolute atomic E-state index is 12.0. The van der Waals surface area contributed by atoms with Crippen molar-refractivity contribution in [3.05, 3.63) is 0 Å².